The van der Waals surface area contributed by atoms with E-state index in [4.69, 9.17) is 15.3 Å². The topological polar surface area (TPSA) is 83.5 Å². The third-order valence-electron chi connectivity index (χ3n) is 6.65. The highest BCUT2D eigenvalue weighted by Gasteiger charge is 2.16. The maximum absolute atomic E-state index is 12.5. The minimum absolute atomic E-state index is 0.0845. The molecule has 4 rings (SSSR count). The van der Waals surface area contributed by atoms with Crippen LogP contribution >= 0.6 is 0 Å². The number of amides is 1. The monoisotopic (exact) mass is 462 g/mol. The number of rotatable bonds is 10. The van der Waals surface area contributed by atoms with Crippen molar-refractivity contribution in [2.45, 2.75) is 64.6 Å². The molecule has 1 saturated carbocycles. The molecular formula is C28H34N2O4. The van der Waals surface area contributed by atoms with Crippen molar-refractivity contribution in [3.05, 3.63) is 81.6 Å². The van der Waals surface area contributed by atoms with Gasteiger partial charge in [0.15, 0.2) is 0 Å². The predicted molar refractivity (Wildman–Crippen MR) is 134 cm³/mol. The maximum atomic E-state index is 12.5. The fraction of sp³-hybridized carbons (Fsp3) is 0.429. The van der Waals surface area contributed by atoms with E-state index in [-0.39, 0.29) is 17.1 Å². The first kappa shape index (κ1) is 24.0. The van der Waals surface area contributed by atoms with E-state index in [2.05, 4.69) is 24.3 Å². The number of benzene rings is 2. The number of hydrogen-bond donors (Lipinski definition) is 1. The number of para-hydroxylation sites is 1. The van der Waals surface area contributed by atoms with Gasteiger partial charge in [0, 0.05) is 18.4 Å². The van der Waals surface area contributed by atoms with E-state index < -0.39 is 5.91 Å². The van der Waals surface area contributed by atoms with Crippen LogP contribution in [-0.2, 0) is 17.8 Å². The van der Waals surface area contributed by atoms with Crippen LogP contribution in [0.15, 0.2) is 59.5 Å². The third-order valence-corrected chi connectivity index (χ3v) is 6.65. The van der Waals surface area contributed by atoms with Crippen molar-refractivity contribution in [1.29, 1.82) is 0 Å². The first-order valence-electron chi connectivity index (χ1n) is 12.3. The summed E-state index contributed by atoms with van der Waals surface area (Å²) in [6.07, 6.45) is 9.90. The summed E-state index contributed by atoms with van der Waals surface area (Å²) in [5.41, 5.74) is 7.84. The summed E-state index contributed by atoms with van der Waals surface area (Å²) in [5.74, 6) is 0.0776. The van der Waals surface area contributed by atoms with Gasteiger partial charge in [-0.2, -0.15) is 4.73 Å². The molecule has 1 amide bonds. The summed E-state index contributed by atoms with van der Waals surface area (Å²) in [4.78, 5) is 30.4. The molecule has 1 unspecified atom stereocenters. The van der Waals surface area contributed by atoms with E-state index in [0.29, 0.717) is 23.9 Å². The van der Waals surface area contributed by atoms with Gasteiger partial charge in [0.05, 0.1) is 18.3 Å². The summed E-state index contributed by atoms with van der Waals surface area (Å²) in [6, 6.07) is 15.4. The Morgan fingerprint density at radius 1 is 1.06 bits per heavy atom. The van der Waals surface area contributed by atoms with Crippen molar-refractivity contribution < 1.29 is 14.4 Å². The van der Waals surface area contributed by atoms with Gasteiger partial charge >= 0.3 is 0 Å². The van der Waals surface area contributed by atoms with Gasteiger partial charge in [0.1, 0.15) is 11.7 Å². The molecule has 1 aliphatic carbocycles. The molecule has 6 heteroatoms. The number of carbonyl (C=O) groups excluding carboxylic acids is 1. The lowest BCUT2D eigenvalue weighted by Gasteiger charge is -2.21. The van der Waals surface area contributed by atoms with Gasteiger partial charge in [-0.15, -0.1) is 0 Å². The predicted octanol–water partition coefficient (Wildman–Crippen LogP) is 4.65. The summed E-state index contributed by atoms with van der Waals surface area (Å²) >= 11 is 0. The largest absolute Gasteiger partial charge is 0.411 e. The van der Waals surface area contributed by atoms with E-state index in [9.17, 15) is 9.59 Å². The van der Waals surface area contributed by atoms with Gasteiger partial charge in [0.2, 0.25) is 5.43 Å². The number of ether oxygens (including phenoxy) is 1. The van der Waals surface area contributed by atoms with Crippen LogP contribution in [0, 0.1) is 5.92 Å². The molecule has 6 nitrogen and oxygen atoms in total. The molecule has 1 fully saturated rings. The van der Waals surface area contributed by atoms with Crippen LogP contribution in [0.5, 0.6) is 0 Å². The summed E-state index contributed by atoms with van der Waals surface area (Å²) in [5, 5.41) is 0.402. The number of pyridine rings is 1. The molecule has 34 heavy (non-hydrogen) atoms. The normalized spacial score (nSPS) is 15.3. The standard InChI is InChI=1S/C28H34N2O4/c1-20(34-30-18-25(28(29)32)27(31)24-9-5-6-10-26(24)30)17-22-11-13-23(14-12-22)19-33-16-15-21-7-3-2-4-8-21/h5-6,9-14,18,20-21H,2-4,7-8,15-17,19H2,1H3,(H2,29,32). The molecule has 3 aromatic rings. The molecule has 1 heterocycles. The summed E-state index contributed by atoms with van der Waals surface area (Å²) < 4.78 is 7.39. The highest BCUT2D eigenvalue weighted by atomic mass is 16.7. The lowest BCUT2D eigenvalue weighted by molar-refractivity contribution is 0.0552. The zero-order chi connectivity index (χ0) is 23.9. The Kier molecular flexibility index (Phi) is 8.01. The molecule has 0 bridgehead atoms. The van der Waals surface area contributed by atoms with Gasteiger partial charge in [-0.05, 0) is 42.5 Å². The van der Waals surface area contributed by atoms with Crippen molar-refractivity contribution in [2.75, 3.05) is 6.61 Å². The Labute approximate surface area is 200 Å². The molecule has 0 aliphatic heterocycles. The van der Waals surface area contributed by atoms with Crippen LogP contribution in [0.3, 0.4) is 0 Å². The van der Waals surface area contributed by atoms with E-state index >= 15 is 0 Å². The van der Waals surface area contributed by atoms with E-state index in [0.717, 1.165) is 18.1 Å². The van der Waals surface area contributed by atoms with Gasteiger partial charge < -0.3 is 15.3 Å². The Bertz CT molecular complexity index is 1160. The number of primary amides is 1. The molecule has 1 atom stereocenters. The number of fused-ring (bicyclic) bond motifs is 1. The van der Waals surface area contributed by atoms with Crippen LogP contribution in [0.25, 0.3) is 10.9 Å². The second-order valence-electron chi connectivity index (χ2n) is 9.36. The van der Waals surface area contributed by atoms with E-state index in [1.54, 1.807) is 18.2 Å². The van der Waals surface area contributed by atoms with Gasteiger partial charge in [-0.1, -0.05) is 68.5 Å². The smallest absolute Gasteiger partial charge is 0.254 e. The van der Waals surface area contributed by atoms with Crippen LogP contribution in [0.4, 0.5) is 0 Å². The number of hydrogen-bond acceptors (Lipinski definition) is 4. The third kappa shape index (κ3) is 6.06. The average Bonchev–Trinajstić information content (AvgIpc) is 2.85. The van der Waals surface area contributed by atoms with Crippen molar-refractivity contribution in [1.82, 2.24) is 4.73 Å². The van der Waals surface area contributed by atoms with E-state index in [1.807, 2.05) is 13.0 Å². The molecule has 1 aliphatic rings. The van der Waals surface area contributed by atoms with Gasteiger partial charge in [-0.25, -0.2) is 0 Å². The number of aromatic nitrogens is 1. The molecule has 0 saturated heterocycles. The molecule has 2 N–H and O–H groups in total. The minimum Gasteiger partial charge on any atom is -0.411 e. The SMILES string of the molecule is CC(Cc1ccc(COCCC2CCCCC2)cc1)On1cc(C(N)=O)c(=O)c2ccccc21. The number of carbonyl (C=O) groups is 1. The first-order chi connectivity index (χ1) is 16.5. The highest BCUT2D eigenvalue weighted by Crippen LogP contribution is 2.26. The van der Waals surface area contributed by atoms with Crippen LogP contribution in [0.2, 0.25) is 0 Å². The lowest BCUT2D eigenvalue weighted by Crippen LogP contribution is -2.29. The molecule has 2 aromatic carbocycles. The van der Waals surface area contributed by atoms with Crippen molar-refractivity contribution in [3.8, 4) is 0 Å². The number of nitrogens with two attached hydrogens (primary N) is 1. The fourth-order valence-corrected chi connectivity index (χ4v) is 4.76. The zero-order valence-corrected chi connectivity index (χ0v) is 19.9. The van der Waals surface area contributed by atoms with Gasteiger partial charge in [-0.3, -0.25) is 9.59 Å². The minimum atomic E-state index is -0.766. The lowest BCUT2D eigenvalue weighted by atomic mass is 9.87. The average molecular weight is 463 g/mol. The van der Waals surface area contributed by atoms with Crippen molar-refractivity contribution >= 4 is 16.8 Å². The molecule has 1 aromatic heterocycles. The highest BCUT2D eigenvalue weighted by molar-refractivity contribution is 5.96. The quantitative estimate of drug-likeness (QED) is 0.445. The Morgan fingerprint density at radius 3 is 2.50 bits per heavy atom. The molecule has 0 spiro atoms. The van der Waals surface area contributed by atoms with E-state index in [1.165, 1.54) is 55.0 Å². The van der Waals surface area contributed by atoms with Crippen LogP contribution in [0.1, 0.15) is 66.9 Å². The van der Waals surface area contributed by atoms with Gasteiger partial charge in [0.25, 0.3) is 5.91 Å². The molecule has 0 radical (unpaired) electrons. The number of nitrogens with zero attached hydrogens (tertiary/aromatic N) is 1. The Morgan fingerprint density at radius 2 is 1.76 bits per heavy atom. The first-order valence-corrected chi connectivity index (χ1v) is 12.3. The van der Waals surface area contributed by atoms with Crippen LogP contribution in [-0.4, -0.2) is 23.3 Å². The molecular weight excluding hydrogens is 428 g/mol. The Balaban J connectivity index is 1.33. The maximum Gasteiger partial charge on any atom is 0.254 e. The second-order valence-corrected chi connectivity index (χ2v) is 9.36. The second kappa shape index (κ2) is 11.3. The fourth-order valence-electron chi connectivity index (χ4n) is 4.76. The van der Waals surface area contributed by atoms with Crippen molar-refractivity contribution in [3.63, 3.8) is 0 Å². The van der Waals surface area contributed by atoms with Crippen LogP contribution < -0.4 is 16.0 Å². The zero-order valence-electron chi connectivity index (χ0n) is 19.9. The summed E-state index contributed by atoms with van der Waals surface area (Å²) in [7, 11) is 0. The molecule has 180 valence electrons. The van der Waals surface area contributed by atoms with Crippen molar-refractivity contribution in [2.24, 2.45) is 11.7 Å². The Hall–Kier alpha value is -3.12. The summed E-state index contributed by atoms with van der Waals surface area (Å²) in [6.45, 7) is 3.43.